The molecular formula is C21H19N3O4S2. The fourth-order valence-corrected chi connectivity index (χ4v) is 4.94. The first-order chi connectivity index (χ1) is 14.5. The van der Waals surface area contributed by atoms with Crippen LogP contribution in [0.25, 0.3) is 10.9 Å². The number of nitrogens with zero attached hydrogens (tertiary/aromatic N) is 2. The van der Waals surface area contributed by atoms with Gasteiger partial charge in [-0.3, -0.25) is 14.1 Å². The van der Waals surface area contributed by atoms with Gasteiger partial charge in [0, 0.05) is 29.6 Å². The number of sulfonamides is 1. The first-order valence-electron chi connectivity index (χ1n) is 9.16. The van der Waals surface area contributed by atoms with E-state index in [2.05, 4.69) is 9.71 Å². The van der Waals surface area contributed by atoms with Crippen LogP contribution in [0.15, 0.2) is 71.2 Å². The molecule has 2 heterocycles. The SMILES string of the molecule is COc1ccc(CCC(=O)n2ccc3cc(S(=O)(=O)Nc4nccs4)ccc32)cc1. The average molecular weight is 442 g/mol. The van der Waals surface area contributed by atoms with Crippen LogP contribution >= 0.6 is 11.3 Å². The minimum absolute atomic E-state index is 0.0580. The minimum atomic E-state index is -3.74. The summed E-state index contributed by atoms with van der Waals surface area (Å²) in [7, 11) is -2.13. The van der Waals surface area contributed by atoms with Gasteiger partial charge in [-0.25, -0.2) is 13.4 Å². The molecule has 0 bridgehead atoms. The van der Waals surface area contributed by atoms with Crippen LogP contribution in [-0.2, 0) is 16.4 Å². The highest BCUT2D eigenvalue weighted by atomic mass is 32.2. The number of anilines is 1. The molecule has 0 atom stereocenters. The summed E-state index contributed by atoms with van der Waals surface area (Å²) in [6.45, 7) is 0. The number of methoxy groups -OCH3 is 1. The zero-order valence-electron chi connectivity index (χ0n) is 16.1. The number of carbonyl (C=O) groups excluding carboxylic acids is 1. The van der Waals surface area contributed by atoms with Gasteiger partial charge in [0.25, 0.3) is 10.0 Å². The molecule has 0 aliphatic carbocycles. The number of ether oxygens (including phenoxy) is 1. The highest BCUT2D eigenvalue weighted by Gasteiger charge is 2.17. The summed E-state index contributed by atoms with van der Waals surface area (Å²) in [4.78, 5) is 16.8. The van der Waals surface area contributed by atoms with Crippen molar-refractivity contribution in [3.05, 3.63) is 71.9 Å². The zero-order valence-corrected chi connectivity index (χ0v) is 17.7. The Kier molecular flexibility index (Phi) is 5.56. The van der Waals surface area contributed by atoms with Gasteiger partial charge in [0.2, 0.25) is 5.91 Å². The van der Waals surface area contributed by atoms with E-state index in [1.165, 1.54) is 23.6 Å². The Bertz CT molecular complexity index is 1280. The van der Waals surface area contributed by atoms with E-state index in [9.17, 15) is 13.2 Å². The number of carbonyl (C=O) groups is 1. The largest absolute Gasteiger partial charge is 0.497 e. The third-order valence-electron chi connectivity index (χ3n) is 4.68. The molecule has 2 aromatic heterocycles. The molecule has 9 heteroatoms. The average Bonchev–Trinajstić information content (AvgIpc) is 3.41. The van der Waals surface area contributed by atoms with Crippen LogP contribution < -0.4 is 9.46 Å². The van der Waals surface area contributed by atoms with Gasteiger partial charge in [0.15, 0.2) is 5.13 Å². The van der Waals surface area contributed by atoms with Gasteiger partial charge < -0.3 is 4.74 Å². The first kappa shape index (κ1) is 20.1. The van der Waals surface area contributed by atoms with E-state index in [0.29, 0.717) is 28.9 Å². The Balaban J connectivity index is 1.50. The Hall–Kier alpha value is -3.17. The second kappa shape index (κ2) is 8.29. The van der Waals surface area contributed by atoms with Gasteiger partial charge in [0.05, 0.1) is 17.5 Å². The lowest BCUT2D eigenvalue weighted by Crippen LogP contribution is -2.13. The summed E-state index contributed by atoms with van der Waals surface area (Å²) in [6.07, 6.45) is 4.14. The van der Waals surface area contributed by atoms with Gasteiger partial charge in [-0.15, -0.1) is 11.3 Å². The van der Waals surface area contributed by atoms with Crippen LogP contribution in [0.3, 0.4) is 0 Å². The molecule has 0 saturated carbocycles. The lowest BCUT2D eigenvalue weighted by Gasteiger charge is -2.07. The molecule has 0 aliphatic heterocycles. The summed E-state index contributed by atoms with van der Waals surface area (Å²) in [5.41, 5.74) is 1.71. The maximum absolute atomic E-state index is 12.7. The number of hydrogen-bond donors (Lipinski definition) is 1. The molecule has 154 valence electrons. The fraction of sp³-hybridized carbons (Fsp3) is 0.143. The molecule has 0 spiro atoms. The van der Waals surface area contributed by atoms with E-state index in [4.69, 9.17) is 4.74 Å². The standard InChI is InChI=1S/C21H19N3O4S2/c1-28-17-5-2-15(3-6-17)4-9-20(25)24-12-10-16-14-18(7-8-19(16)24)30(26,27)23-21-22-11-13-29-21/h2-3,5-8,10-14H,4,9H2,1H3,(H,22,23). The summed E-state index contributed by atoms with van der Waals surface area (Å²) in [5, 5.41) is 2.68. The number of aromatic nitrogens is 2. The lowest BCUT2D eigenvalue weighted by molar-refractivity contribution is 0.0908. The molecule has 0 saturated heterocycles. The van der Waals surface area contributed by atoms with Crippen molar-refractivity contribution in [2.24, 2.45) is 0 Å². The second-order valence-corrected chi connectivity index (χ2v) is 9.17. The predicted molar refractivity (Wildman–Crippen MR) is 117 cm³/mol. The topological polar surface area (TPSA) is 90.3 Å². The van der Waals surface area contributed by atoms with E-state index in [1.807, 2.05) is 24.3 Å². The maximum atomic E-state index is 12.7. The van der Waals surface area contributed by atoms with Crippen molar-refractivity contribution >= 4 is 43.3 Å². The van der Waals surface area contributed by atoms with Crippen molar-refractivity contribution in [3.63, 3.8) is 0 Å². The minimum Gasteiger partial charge on any atom is -0.497 e. The highest BCUT2D eigenvalue weighted by molar-refractivity contribution is 7.93. The van der Waals surface area contributed by atoms with Crippen LogP contribution in [0.1, 0.15) is 16.8 Å². The lowest BCUT2D eigenvalue weighted by atomic mass is 10.1. The quantitative estimate of drug-likeness (QED) is 0.465. The van der Waals surface area contributed by atoms with E-state index in [-0.39, 0.29) is 10.8 Å². The zero-order chi connectivity index (χ0) is 21.1. The van der Waals surface area contributed by atoms with Gasteiger partial charge in [-0.2, -0.15) is 0 Å². The Morgan fingerprint density at radius 3 is 2.67 bits per heavy atom. The van der Waals surface area contributed by atoms with Crippen molar-refractivity contribution in [3.8, 4) is 5.75 Å². The highest BCUT2D eigenvalue weighted by Crippen LogP contribution is 2.24. The van der Waals surface area contributed by atoms with Gasteiger partial charge in [-0.1, -0.05) is 12.1 Å². The molecule has 1 N–H and O–H groups in total. The molecule has 4 rings (SSSR count). The monoisotopic (exact) mass is 441 g/mol. The number of hydrogen-bond acceptors (Lipinski definition) is 6. The first-order valence-corrected chi connectivity index (χ1v) is 11.5. The van der Waals surface area contributed by atoms with Crippen molar-refractivity contribution in [2.45, 2.75) is 17.7 Å². The summed E-state index contributed by atoms with van der Waals surface area (Å²) >= 11 is 1.20. The second-order valence-electron chi connectivity index (χ2n) is 6.59. The number of rotatable bonds is 7. The van der Waals surface area contributed by atoms with Crippen LogP contribution in [0.2, 0.25) is 0 Å². The number of fused-ring (bicyclic) bond motifs is 1. The summed E-state index contributed by atoms with van der Waals surface area (Å²) in [5.74, 6) is 0.717. The summed E-state index contributed by atoms with van der Waals surface area (Å²) < 4.78 is 34.3. The third-order valence-corrected chi connectivity index (χ3v) is 6.84. The van der Waals surface area contributed by atoms with E-state index >= 15 is 0 Å². The predicted octanol–water partition coefficient (Wildman–Crippen LogP) is 4.18. The Morgan fingerprint density at radius 2 is 1.97 bits per heavy atom. The molecule has 0 radical (unpaired) electrons. The molecule has 7 nitrogen and oxygen atoms in total. The van der Waals surface area contributed by atoms with E-state index < -0.39 is 10.0 Å². The molecule has 0 fully saturated rings. The Morgan fingerprint density at radius 1 is 1.17 bits per heavy atom. The van der Waals surface area contributed by atoms with Crippen molar-refractivity contribution in [1.82, 2.24) is 9.55 Å². The van der Waals surface area contributed by atoms with Crippen LogP contribution in [0.5, 0.6) is 5.75 Å². The van der Waals surface area contributed by atoms with Gasteiger partial charge in [-0.05, 0) is 48.4 Å². The normalized spacial score (nSPS) is 11.5. The molecule has 2 aromatic carbocycles. The summed E-state index contributed by atoms with van der Waals surface area (Å²) in [6, 6.07) is 14.0. The molecule has 4 aromatic rings. The van der Waals surface area contributed by atoms with Crippen molar-refractivity contribution in [1.29, 1.82) is 0 Å². The number of nitrogens with one attached hydrogen (secondary N) is 1. The molecule has 30 heavy (non-hydrogen) atoms. The third kappa shape index (κ3) is 4.22. The van der Waals surface area contributed by atoms with Crippen LogP contribution in [-0.4, -0.2) is 31.0 Å². The molecule has 0 amide bonds. The number of thiazole rings is 1. The van der Waals surface area contributed by atoms with Crippen molar-refractivity contribution in [2.75, 3.05) is 11.8 Å². The molecular weight excluding hydrogens is 422 g/mol. The Labute approximate surface area is 178 Å². The van der Waals surface area contributed by atoms with Crippen LogP contribution in [0.4, 0.5) is 5.13 Å². The van der Waals surface area contributed by atoms with Crippen LogP contribution in [0, 0.1) is 0 Å². The number of benzene rings is 2. The number of aryl methyl sites for hydroxylation is 1. The van der Waals surface area contributed by atoms with Crippen molar-refractivity contribution < 1.29 is 17.9 Å². The smallest absolute Gasteiger partial charge is 0.263 e. The van der Waals surface area contributed by atoms with E-state index in [0.717, 1.165) is 11.3 Å². The van der Waals surface area contributed by atoms with Gasteiger partial charge in [0.1, 0.15) is 5.75 Å². The van der Waals surface area contributed by atoms with Gasteiger partial charge >= 0.3 is 0 Å². The van der Waals surface area contributed by atoms with E-state index in [1.54, 1.807) is 41.5 Å². The maximum Gasteiger partial charge on any atom is 0.263 e. The molecule has 0 unspecified atom stereocenters. The fourth-order valence-electron chi connectivity index (χ4n) is 3.12. The molecule has 0 aliphatic rings.